The van der Waals surface area contributed by atoms with Crippen molar-refractivity contribution in [3.05, 3.63) is 0 Å². The molecule has 1 rings (SSSR count). The number of amides is 1. The first-order valence-corrected chi connectivity index (χ1v) is 7.97. The molecule has 1 saturated heterocycles. The van der Waals surface area contributed by atoms with Crippen LogP contribution >= 0.6 is 0 Å². The number of ether oxygens (including phenoxy) is 1. The van der Waals surface area contributed by atoms with Crippen LogP contribution in [0.4, 0.5) is 0 Å². The number of hydrogen-bond donors (Lipinski definition) is 1. The van der Waals surface area contributed by atoms with Crippen LogP contribution in [0.2, 0.25) is 0 Å². The SMILES string of the molecule is CCCOCC(=O)N1CCS(=O)(=O)CC1CC(=O)O. The molecule has 1 heterocycles. The monoisotopic (exact) mass is 293 g/mol. The van der Waals surface area contributed by atoms with Crippen LogP contribution in [0.25, 0.3) is 0 Å². The molecule has 8 heteroatoms. The Kier molecular flexibility index (Phi) is 5.74. The molecule has 7 nitrogen and oxygen atoms in total. The predicted octanol–water partition coefficient (Wildman–Crippen LogP) is -0.487. The fourth-order valence-corrected chi connectivity index (χ4v) is 3.50. The van der Waals surface area contributed by atoms with E-state index in [2.05, 4.69) is 0 Å². The standard InChI is InChI=1S/C11H19NO6S/c1-2-4-18-7-10(13)12-3-5-19(16,17)8-9(12)6-11(14)15/h9H,2-8H2,1H3,(H,14,15). The van der Waals surface area contributed by atoms with Crippen LogP contribution < -0.4 is 0 Å². The predicted molar refractivity (Wildman–Crippen MR) is 67.5 cm³/mol. The van der Waals surface area contributed by atoms with Gasteiger partial charge in [-0.05, 0) is 6.42 Å². The summed E-state index contributed by atoms with van der Waals surface area (Å²) in [5.41, 5.74) is 0. The van der Waals surface area contributed by atoms with Gasteiger partial charge in [0.05, 0.1) is 24.0 Å². The van der Waals surface area contributed by atoms with Crippen LogP contribution in [-0.4, -0.2) is 67.6 Å². The third-order valence-corrected chi connectivity index (χ3v) is 4.53. The Morgan fingerprint density at radius 2 is 2.11 bits per heavy atom. The summed E-state index contributed by atoms with van der Waals surface area (Å²) in [4.78, 5) is 23.9. The minimum Gasteiger partial charge on any atom is -0.481 e. The second-order valence-electron chi connectivity index (χ2n) is 4.51. The minimum atomic E-state index is -3.27. The molecule has 0 saturated carbocycles. The van der Waals surface area contributed by atoms with Crippen molar-refractivity contribution in [2.24, 2.45) is 0 Å². The van der Waals surface area contributed by atoms with Gasteiger partial charge >= 0.3 is 5.97 Å². The molecular weight excluding hydrogens is 274 g/mol. The average molecular weight is 293 g/mol. The lowest BCUT2D eigenvalue weighted by molar-refractivity contribution is -0.142. The molecule has 19 heavy (non-hydrogen) atoms. The van der Waals surface area contributed by atoms with E-state index in [9.17, 15) is 18.0 Å². The van der Waals surface area contributed by atoms with Crippen molar-refractivity contribution in [2.45, 2.75) is 25.8 Å². The van der Waals surface area contributed by atoms with E-state index in [1.807, 2.05) is 6.92 Å². The Labute approximate surface area is 112 Å². The van der Waals surface area contributed by atoms with Gasteiger partial charge in [0.25, 0.3) is 0 Å². The van der Waals surface area contributed by atoms with E-state index in [-0.39, 0.29) is 37.0 Å². The molecule has 0 aromatic rings. The topological polar surface area (TPSA) is 101 Å². The van der Waals surface area contributed by atoms with Gasteiger partial charge in [-0.1, -0.05) is 6.92 Å². The zero-order valence-corrected chi connectivity index (χ0v) is 11.7. The van der Waals surface area contributed by atoms with Crippen LogP contribution in [0.5, 0.6) is 0 Å². The summed E-state index contributed by atoms with van der Waals surface area (Å²) in [5.74, 6) is -1.88. The van der Waals surface area contributed by atoms with Crippen LogP contribution in [0, 0.1) is 0 Å². The summed E-state index contributed by atoms with van der Waals surface area (Å²) in [7, 11) is -3.27. The number of nitrogens with zero attached hydrogens (tertiary/aromatic N) is 1. The molecule has 0 spiro atoms. The van der Waals surface area contributed by atoms with Gasteiger partial charge in [0, 0.05) is 13.2 Å². The lowest BCUT2D eigenvalue weighted by atomic mass is 10.2. The van der Waals surface area contributed by atoms with Gasteiger partial charge in [-0.15, -0.1) is 0 Å². The highest BCUT2D eigenvalue weighted by Crippen LogP contribution is 2.15. The first-order valence-electron chi connectivity index (χ1n) is 6.15. The number of aliphatic carboxylic acids is 1. The Morgan fingerprint density at radius 1 is 1.42 bits per heavy atom. The number of carboxylic acids is 1. The van der Waals surface area contributed by atoms with Crippen LogP contribution in [-0.2, 0) is 24.2 Å². The van der Waals surface area contributed by atoms with Gasteiger partial charge in [0.15, 0.2) is 9.84 Å². The summed E-state index contributed by atoms with van der Waals surface area (Å²) >= 11 is 0. The quantitative estimate of drug-likeness (QED) is 0.663. The molecule has 110 valence electrons. The molecule has 0 radical (unpaired) electrons. The van der Waals surface area contributed by atoms with E-state index in [4.69, 9.17) is 9.84 Å². The van der Waals surface area contributed by atoms with E-state index >= 15 is 0 Å². The van der Waals surface area contributed by atoms with Crippen molar-refractivity contribution in [3.8, 4) is 0 Å². The molecule has 1 aliphatic rings. The number of sulfone groups is 1. The molecule has 0 aromatic carbocycles. The van der Waals surface area contributed by atoms with Crippen molar-refractivity contribution < 1.29 is 27.9 Å². The fraction of sp³-hybridized carbons (Fsp3) is 0.818. The third kappa shape index (κ3) is 5.15. The van der Waals surface area contributed by atoms with E-state index < -0.39 is 21.8 Å². The molecule has 1 atom stereocenters. The maximum atomic E-state index is 11.9. The Morgan fingerprint density at radius 3 is 2.68 bits per heavy atom. The van der Waals surface area contributed by atoms with Crippen LogP contribution in [0.1, 0.15) is 19.8 Å². The van der Waals surface area contributed by atoms with Crippen molar-refractivity contribution in [1.82, 2.24) is 4.90 Å². The van der Waals surface area contributed by atoms with Gasteiger partial charge < -0.3 is 14.7 Å². The van der Waals surface area contributed by atoms with E-state index in [1.54, 1.807) is 0 Å². The maximum absolute atomic E-state index is 11.9. The molecule has 1 unspecified atom stereocenters. The smallest absolute Gasteiger partial charge is 0.305 e. The number of carbonyl (C=O) groups excluding carboxylic acids is 1. The first kappa shape index (κ1) is 15.9. The van der Waals surface area contributed by atoms with Crippen molar-refractivity contribution >= 4 is 21.7 Å². The van der Waals surface area contributed by atoms with Crippen molar-refractivity contribution in [3.63, 3.8) is 0 Å². The summed E-state index contributed by atoms with van der Waals surface area (Å²) in [6.07, 6.45) is 0.416. The minimum absolute atomic E-state index is 0.0363. The molecule has 1 aliphatic heterocycles. The zero-order valence-electron chi connectivity index (χ0n) is 10.9. The molecule has 0 bridgehead atoms. The molecule has 0 aromatic heterocycles. The lowest BCUT2D eigenvalue weighted by Gasteiger charge is -2.34. The highest BCUT2D eigenvalue weighted by Gasteiger charge is 2.35. The first-order chi connectivity index (χ1) is 8.85. The number of rotatable bonds is 6. The highest BCUT2D eigenvalue weighted by molar-refractivity contribution is 7.91. The Hall–Kier alpha value is -1.15. The van der Waals surface area contributed by atoms with Gasteiger partial charge in [-0.25, -0.2) is 8.42 Å². The summed E-state index contributed by atoms with van der Waals surface area (Å²) in [6, 6.07) is -0.797. The summed E-state index contributed by atoms with van der Waals surface area (Å²) < 4.78 is 28.1. The Bertz CT molecular complexity index is 432. The number of carbonyl (C=O) groups is 2. The molecule has 1 N–H and O–H groups in total. The average Bonchev–Trinajstić information content (AvgIpc) is 2.27. The molecule has 1 fully saturated rings. The van der Waals surface area contributed by atoms with Gasteiger partial charge in [0.2, 0.25) is 5.91 Å². The van der Waals surface area contributed by atoms with Gasteiger partial charge in [-0.3, -0.25) is 9.59 Å². The second-order valence-corrected chi connectivity index (χ2v) is 6.73. The normalized spacial score (nSPS) is 22.2. The lowest BCUT2D eigenvalue weighted by Crippen LogP contribution is -2.53. The zero-order chi connectivity index (χ0) is 14.5. The van der Waals surface area contributed by atoms with Gasteiger partial charge in [-0.2, -0.15) is 0 Å². The summed E-state index contributed by atoms with van der Waals surface area (Å²) in [5, 5.41) is 8.79. The van der Waals surface area contributed by atoms with Crippen molar-refractivity contribution in [1.29, 1.82) is 0 Å². The summed E-state index contributed by atoms with van der Waals surface area (Å²) in [6.45, 7) is 2.26. The van der Waals surface area contributed by atoms with Crippen LogP contribution in [0.3, 0.4) is 0 Å². The van der Waals surface area contributed by atoms with E-state index in [0.29, 0.717) is 6.61 Å². The van der Waals surface area contributed by atoms with Crippen molar-refractivity contribution in [2.75, 3.05) is 31.3 Å². The molecular formula is C11H19NO6S. The maximum Gasteiger partial charge on any atom is 0.305 e. The number of hydrogen-bond acceptors (Lipinski definition) is 5. The second kappa shape index (κ2) is 6.85. The van der Waals surface area contributed by atoms with Gasteiger partial charge in [0.1, 0.15) is 6.61 Å². The highest BCUT2D eigenvalue weighted by atomic mass is 32.2. The molecule has 1 amide bonds. The largest absolute Gasteiger partial charge is 0.481 e. The molecule has 0 aliphatic carbocycles. The van der Waals surface area contributed by atoms with E-state index in [1.165, 1.54) is 4.90 Å². The fourth-order valence-electron chi connectivity index (χ4n) is 1.97. The Balaban J connectivity index is 2.67. The van der Waals surface area contributed by atoms with Crippen LogP contribution in [0.15, 0.2) is 0 Å². The van der Waals surface area contributed by atoms with E-state index in [0.717, 1.165) is 6.42 Å². The number of carboxylic acid groups (broad SMARTS) is 1. The third-order valence-electron chi connectivity index (χ3n) is 2.83.